The van der Waals surface area contributed by atoms with E-state index in [1.807, 2.05) is 0 Å². The van der Waals surface area contributed by atoms with Crippen molar-refractivity contribution in [2.45, 2.75) is 6.42 Å². The number of benzene rings is 1. The van der Waals surface area contributed by atoms with Crippen molar-refractivity contribution in [1.29, 1.82) is 0 Å². The Morgan fingerprint density at radius 2 is 1.89 bits per heavy atom. The molecule has 0 heterocycles. The highest BCUT2D eigenvalue weighted by atomic mass is 16.6. The van der Waals surface area contributed by atoms with Crippen LogP contribution in [0.4, 0.5) is 5.69 Å². The zero-order chi connectivity index (χ0) is 13.7. The molecule has 0 amide bonds. The first kappa shape index (κ1) is 13.8. The van der Waals surface area contributed by atoms with Gasteiger partial charge >= 0.3 is 5.69 Å². The van der Waals surface area contributed by atoms with Gasteiger partial charge in [0.25, 0.3) is 0 Å². The van der Waals surface area contributed by atoms with Gasteiger partial charge in [0.2, 0.25) is 11.5 Å². The molecule has 0 fully saturated rings. The second kappa shape index (κ2) is 5.90. The summed E-state index contributed by atoms with van der Waals surface area (Å²) in [4.78, 5) is 10.6. The van der Waals surface area contributed by atoms with Gasteiger partial charge in [-0.15, -0.1) is 6.58 Å². The van der Waals surface area contributed by atoms with Crippen LogP contribution >= 0.6 is 0 Å². The molecule has 0 spiro atoms. The number of hydrogen-bond acceptors (Lipinski definition) is 5. The lowest BCUT2D eigenvalue weighted by Crippen LogP contribution is -2.03. The van der Waals surface area contributed by atoms with E-state index in [0.717, 1.165) is 0 Å². The minimum Gasteiger partial charge on any atom is -0.493 e. The molecule has 0 aliphatic heterocycles. The Morgan fingerprint density at radius 1 is 1.28 bits per heavy atom. The largest absolute Gasteiger partial charge is 0.493 e. The Labute approximate surface area is 105 Å². The fourth-order valence-corrected chi connectivity index (χ4v) is 1.70. The molecule has 1 aromatic rings. The Hall–Kier alpha value is -2.24. The molecule has 18 heavy (non-hydrogen) atoms. The molecule has 98 valence electrons. The topological polar surface area (TPSA) is 70.8 Å². The number of methoxy groups -OCH3 is 3. The van der Waals surface area contributed by atoms with Crippen molar-refractivity contribution in [1.82, 2.24) is 0 Å². The minimum absolute atomic E-state index is 0.0544. The Balaban J connectivity index is 3.62. The molecule has 0 N–H and O–H groups in total. The highest BCUT2D eigenvalue weighted by molar-refractivity contribution is 5.66. The number of hydrogen-bond donors (Lipinski definition) is 0. The number of nitrogens with zero attached hydrogens (tertiary/aromatic N) is 1. The third-order valence-electron chi connectivity index (χ3n) is 2.43. The van der Waals surface area contributed by atoms with Gasteiger partial charge in [-0.3, -0.25) is 10.1 Å². The summed E-state index contributed by atoms with van der Waals surface area (Å²) >= 11 is 0. The number of ether oxygens (including phenoxy) is 3. The third kappa shape index (κ3) is 2.37. The normalized spacial score (nSPS) is 9.72. The molecule has 0 saturated carbocycles. The summed E-state index contributed by atoms with van der Waals surface area (Å²) in [6, 6.07) is 1.56. The first-order valence-electron chi connectivity index (χ1n) is 5.17. The van der Waals surface area contributed by atoms with Gasteiger partial charge in [-0.2, -0.15) is 0 Å². The molecular formula is C12H15NO5. The smallest absolute Gasteiger partial charge is 0.318 e. The molecule has 6 heteroatoms. The summed E-state index contributed by atoms with van der Waals surface area (Å²) in [7, 11) is 4.21. The lowest BCUT2D eigenvalue weighted by molar-refractivity contribution is -0.386. The average molecular weight is 253 g/mol. The van der Waals surface area contributed by atoms with E-state index >= 15 is 0 Å². The van der Waals surface area contributed by atoms with E-state index in [4.69, 9.17) is 14.2 Å². The second-order valence-corrected chi connectivity index (χ2v) is 3.40. The van der Waals surface area contributed by atoms with E-state index in [1.54, 1.807) is 12.1 Å². The fourth-order valence-electron chi connectivity index (χ4n) is 1.70. The molecule has 0 unspecified atom stereocenters. The highest BCUT2D eigenvalue weighted by Gasteiger charge is 2.28. The van der Waals surface area contributed by atoms with Crippen molar-refractivity contribution in [2.24, 2.45) is 0 Å². The standard InChI is InChI=1S/C12H15NO5/c1-5-6-8-7-9(16-2)11(17-3)12(18-4)10(8)13(14)15/h5,7H,1,6H2,2-4H3. The summed E-state index contributed by atoms with van der Waals surface area (Å²) in [5.74, 6) is 0.648. The molecule has 0 saturated heterocycles. The van der Waals surface area contributed by atoms with Crippen LogP contribution in [0, 0.1) is 10.1 Å². The zero-order valence-corrected chi connectivity index (χ0v) is 10.6. The van der Waals surface area contributed by atoms with Gasteiger partial charge in [-0.05, 0) is 12.5 Å². The van der Waals surface area contributed by atoms with Crippen molar-refractivity contribution >= 4 is 5.69 Å². The van der Waals surface area contributed by atoms with Gasteiger partial charge in [0.1, 0.15) is 0 Å². The molecule has 0 bridgehead atoms. The van der Waals surface area contributed by atoms with Crippen LogP contribution in [0.25, 0.3) is 0 Å². The second-order valence-electron chi connectivity index (χ2n) is 3.40. The van der Waals surface area contributed by atoms with Crippen molar-refractivity contribution in [2.75, 3.05) is 21.3 Å². The molecule has 0 aromatic heterocycles. The number of nitro benzene ring substituents is 1. The van der Waals surface area contributed by atoms with Crippen LogP contribution in [0.3, 0.4) is 0 Å². The minimum atomic E-state index is -0.500. The van der Waals surface area contributed by atoms with E-state index in [9.17, 15) is 10.1 Å². The van der Waals surface area contributed by atoms with Gasteiger partial charge in [-0.1, -0.05) is 6.08 Å². The van der Waals surface area contributed by atoms with Gasteiger partial charge in [0.05, 0.1) is 26.3 Å². The predicted octanol–water partition coefficient (Wildman–Crippen LogP) is 2.35. The molecule has 6 nitrogen and oxygen atoms in total. The van der Waals surface area contributed by atoms with Crippen LogP contribution in [0.15, 0.2) is 18.7 Å². The molecular weight excluding hydrogens is 238 g/mol. The summed E-state index contributed by atoms with van der Waals surface area (Å²) in [6.45, 7) is 3.57. The molecule has 0 aliphatic carbocycles. The van der Waals surface area contributed by atoms with Gasteiger partial charge in [0, 0.05) is 5.56 Å². The molecule has 0 atom stereocenters. The van der Waals surface area contributed by atoms with Gasteiger partial charge in [-0.25, -0.2) is 0 Å². The highest BCUT2D eigenvalue weighted by Crippen LogP contribution is 2.46. The monoisotopic (exact) mass is 253 g/mol. The summed E-state index contributed by atoms with van der Waals surface area (Å²) in [6.07, 6.45) is 1.92. The number of allylic oxidation sites excluding steroid dienone is 1. The summed E-state index contributed by atoms with van der Waals surface area (Å²) in [5.41, 5.74) is 0.333. The van der Waals surface area contributed by atoms with E-state index in [1.165, 1.54) is 21.3 Å². The predicted molar refractivity (Wildman–Crippen MR) is 66.7 cm³/mol. The Bertz CT molecular complexity index is 470. The number of rotatable bonds is 6. The maximum atomic E-state index is 11.1. The summed E-state index contributed by atoms with van der Waals surface area (Å²) in [5, 5.41) is 11.1. The van der Waals surface area contributed by atoms with Crippen molar-refractivity contribution in [3.63, 3.8) is 0 Å². The molecule has 0 aliphatic rings. The van der Waals surface area contributed by atoms with Crippen LogP contribution in [0.1, 0.15) is 5.56 Å². The third-order valence-corrected chi connectivity index (χ3v) is 2.43. The van der Waals surface area contributed by atoms with Gasteiger partial charge in [0.15, 0.2) is 5.75 Å². The van der Waals surface area contributed by atoms with Crippen LogP contribution in [0.5, 0.6) is 17.2 Å². The molecule has 1 aromatic carbocycles. The van der Waals surface area contributed by atoms with E-state index in [0.29, 0.717) is 17.7 Å². The molecule has 0 radical (unpaired) electrons. The van der Waals surface area contributed by atoms with Crippen molar-refractivity contribution in [3.05, 3.63) is 34.4 Å². The fraction of sp³-hybridized carbons (Fsp3) is 0.333. The maximum absolute atomic E-state index is 11.1. The quantitative estimate of drug-likeness (QED) is 0.442. The van der Waals surface area contributed by atoms with Crippen LogP contribution in [0.2, 0.25) is 0 Å². The van der Waals surface area contributed by atoms with Crippen molar-refractivity contribution < 1.29 is 19.1 Å². The van der Waals surface area contributed by atoms with E-state index in [-0.39, 0.29) is 17.2 Å². The number of nitro groups is 1. The lowest BCUT2D eigenvalue weighted by Gasteiger charge is -2.14. The van der Waals surface area contributed by atoms with Crippen LogP contribution in [-0.4, -0.2) is 26.3 Å². The Morgan fingerprint density at radius 3 is 2.28 bits per heavy atom. The zero-order valence-electron chi connectivity index (χ0n) is 10.6. The van der Waals surface area contributed by atoms with E-state index < -0.39 is 4.92 Å². The first-order valence-corrected chi connectivity index (χ1v) is 5.17. The van der Waals surface area contributed by atoms with Gasteiger partial charge < -0.3 is 14.2 Å². The van der Waals surface area contributed by atoms with E-state index in [2.05, 4.69) is 6.58 Å². The van der Waals surface area contributed by atoms with Crippen LogP contribution < -0.4 is 14.2 Å². The lowest BCUT2D eigenvalue weighted by atomic mass is 10.1. The Kier molecular flexibility index (Phi) is 4.53. The maximum Gasteiger partial charge on any atom is 0.318 e. The summed E-state index contributed by atoms with van der Waals surface area (Å²) < 4.78 is 15.3. The molecule has 1 rings (SSSR count). The SMILES string of the molecule is C=CCc1cc(OC)c(OC)c(OC)c1[N+](=O)[O-]. The average Bonchev–Trinajstić information content (AvgIpc) is 2.36. The van der Waals surface area contributed by atoms with Crippen LogP contribution in [-0.2, 0) is 6.42 Å². The first-order chi connectivity index (χ1) is 8.60. The van der Waals surface area contributed by atoms with Crippen molar-refractivity contribution in [3.8, 4) is 17.2 Å².